The summed E-state index contributed by atoms with van der Waals surface area (Å²) in [5, 5.41) is 3.81. The van der Waals surface area contributed by atoms with E-state index in [0.717, 1.165) is 5.56 Å². The lowest BCUT2D eigenvalue weighted by Gasteiger charge is -2.35. The number of benzene rings is 1. The second-order valence-electron chi connectivity index (χ2n) is 9.69. The molecule has 4 heterocycles. The lowest BCUT2D eigenvalue weighted by molar-refractivity contribution is -0.139. The molecule has 1 fully saturated rings. The number of hydrogen-bond donors (Lipinski definition) is 0. The Morgan fingerprint density at radius 2 is 1.64 bits per heavy atom. The van der Waals surface area contributed by atoms with Gasteiger partial charge in [0.1, 0.15) is 5.56 Å². The number of nitrogens with zero attached hydrogens (tertiary/aromatic N) is 7. The van der Waals surface area contributed by atoms with Crippen LogP contribution in [0.3, 0.4) is 0 Å². The Bertz CT molecular complexity index is 1510. The lowest BCUT2D eigenvalue weighted by atomic mass is 10.1. The number of carbonyl (C=O) groups excluding carboxylic acids is 1. The summed E-state index contributed by atoms with van der Waals surface area (Å²) >= 11 is -0.739. The molecule has 1 amide bonds. The Kier molecular flexibility index (Phi) is 8.04. The Morgan fingerprint density at radius 3 is 2.26 bits per heavy atom. The second kappa shape index (κ2) is 11.4. The van der Waals surface area contributed by atoms with Crippen molar-refractivity contribution in [1.82, 2.24) is 24.1 Å². The molecule has 1 unspecified atom stereocenters. The third-order valence-electron chi connectivity index (χ3n) is 7.13. The average molecular weight is 618 g/mol. The van der Waals surface area contributed by atoms with Gasteiger partial charge in [0, 0.05) is 62.8 Å². The second-order valence-corrected chi connectivity index (χ2v) is 10.2. The predicted molar refractivity (Wildman–Crippen MR) is 139 cm³/mol. The monoisotopic (exact) mass is 617 g/mol. The van der Waals surface area contributed by atoms with E-state index in [1.54, 1.807) is 34.1 Å². The molecule has 0 spiro atoms. The maximum atomic E-state index is 13.6. The molecule has 1 saturated heterocycles. The first kappa shape index (κ1) is 29.6. The van der Waals surface area contributed by atoms with Crippen molar-refractivity contribution in [2.24, 2.45) is 0 Å². The zero-order valence-electron chi connectivity index (χ0n) is 21.6. The number of aromatic nitrogens is 4. The number of anilines is 3. The third-order valence-corrected chi connectivity index (χ3v) is 7.51. The van der Waals surface area contributed by atoms with Gasteiger partial charge in [-0.15, -0.1) is 13.1 Å². The first-order chi connectivity index (χ1) is 19.9. The highest BCUT2D eigenvalue weighted by atomic mass is 32.2. The molecule has 0 N–H and O–H groups in total. The molecule has 2 aliphatic rings. The number of fused-ring (bicyclic) bond motifs is 1. The fourth-order valence-electron chi connectivity index (χ4n) is 5.07. The van der Waals surface area contributed by atoms with Crippen LogP contribution in [0.5, 0.6) is 0 Å². The van der Waals surface area contributed by atoms with E-state index in [9.17, 15) is 39.8 Å². The fourth-order valence-corrected chi connectivity index (χ4v) is 5.34. The molecule has 9 nitrogen and oxygen atoms in total. The van der Waals surface area contributed by atoms with Crippen LogP contribution in [0.2, 0.25) is 0 Å². The van der Waals surface area contributed by atoms with Crippen LogP contribution >= 0.6 is 12.3 Å². The fraction of sp³-hybridized carbons (Fsp3) is 0.400. The zero-order valence-corrected chi connectivity index (χ0v) is 22.4. The Labute approximate surface area is 238 Å². The summed E-state index contributed by atoms with van der Waals surface area (Å²) in [6, 6.07) is 7.00. The maximum absolute atomic E-state index is 13.6. The van der Waals surface area contributed by atoms with E-state index in [1.807, 2.05) is 0 Å². The minimum atomic E-state index is -5.04. The molecule has 0 bridgehead atoms. The summed E-state index contributed by atoms with van der Waals surface area (Å²) in [4.78, 5) is 37.5. The molecule has 0 saturated carbocycles. The smallest absolute Gasteiger partial charge is 0.339 e. The number of amides is 1. The molecule has 42 heavy (non-hydrogen) atoms. The minimum Gasteiger partial charge on any atom is -0.339 e. The first-order valence-electron chi connectivity index (χ1n) is 12.7. The zero-order chi connectivity index (χ0) is 30.2. The number of carbonyl (C=O) groups is 1. The van der Waals surface area contributed by atoms with E-state index in [4.69, 9.17) is 0 Å². The van der Waals surface area contributed by atoms with Crippen LogP contribution in [0.4, 0.5) is 47.7 Å². The van der Waals surface area contributed by atoms with Crippen molar-refractivity contribution in [3.63, 3.8) is 0 Å². The van der Waals surface area contributed by atoms with Crippen LogP contribution in [0, 0.1) is 0 Å². The molecule has 17 heteroatoms. The van der Waals surface area contributed by atoms with Gasteiger partial charge in [0.05, 0.1) is 5.56 Å². The molecule has 0 aliphatic carbocycles. The van der Waals surface area contributed by atoms with Gasteiger partial charge in [0.25, 0.3) is 5.56 Å². The molecule has 5 rings (SSSR count). The van der Waals surface area contributed by atoms with Gasteiger partial charge >= 0.3 is 12.4 Å². The Balaban J connectivity index is 1.28. The van der Waals surface area contributed by atoms with Crippen LogP contribution in [0.15, 0.2) is 47.5 Å². The number of halogens is 7. The van der Waals surface area contributed by atoms with Gasteiger partial charge in [-0.05, 0) is 24.5 Å². The van der Waals surface area contributed by atoms with Crippen molar-refractivity contribution in [3.8, 4) is 0 Å². The molecular formula is C25H22F7N7O2S. The van der Waals surface area contributed by atoms with Crippen LogP contribution in [-0.4, -0.2) is 62.2 Å². The number of rotatable bonds is 6. The van der Waals surface area contributed by atoms with Gasteiger partial charge in [-0.3, -0.25) is 9.59 Å². The summed E-state index contributed by atoms with van der Waals surface area (Å²) in [6.45, 7) is 1.13. The number of hydrogen-bond acceptors (Lipinski definition) is 8. The third kappa shape index (κ3) is 6.00. The largest absolute Gasteiger partial charge is 0.421 e. The van der Waals surface area contributed by atoms with Gasteiger partial charge in [-0.2, -0.15) is 26.3 Å². The van der Waals surface area contributed by atoms with E-state index in [0.29, 0.717) is 43.7 Å². The van der Waals surface area contributed by atoms with Crippen molar-refractivity contribution in [2.45, 2.75) is 37.7 Å². The topological polar surface area (TPSA) is 87.5 Å². The number of para-hydroxylation sites is 1. The Morgan fingerprint density at radius 1 is 0.976 bits per heavy atom. The minimum absolute atomic E-state index is 0.0373. The number of alkyl halides is 6. The van der Waals surface area contributed by atoms with Crippen molar-refractivity contribution >= 4 is 35.7 Å². The van der Waals surface area contributed by atoms with E-state index < -0.39 is 47.4 Å². The molecule has 224 valence electrons. The highest BCUT2D eigenvalue weighted by Gasteiger charge is 2.39. The summed E-state index contributed by atoms with van der Waals surface area (Å²) < 4.78 is 92.5. The molecule has 0 radical (unpaired) electrons. The quantitative estimate of drug-likeness (QED) is 0.370. The van der Waals surface area contributed by atoms with E-state index in [-0.39, 0.29) is 47.7 Å². The van der Waals surface area contributed by atoms with Gasteiger partial charge in [0.2, 0.25) is 11.9 Å². The lowest BCUT2D eigenvalue weighted by Crippen LogP contribution is -2.49. The van der Waals surface area contributed by atoms with E-state index in [1.165, 1.54) is 4.90 Å². The normalized spacial score (nSPS) is 17.5. The SMILES string of the molecule is O=C(CCC1Cc2ccccc2N1c1cc(C(F)(F)F)c(=O)n(SF)n1)N1CCN(c2ncc(C(F)(F)F)cn2)CC1. The van der Waals surface area contributed by atoms with Gasteiger partial charge in [0.15, 0.2) is 18.2 Å². The highest BCUT2D eigenvalue weighted by Crippen LogP contribution is 2.40. The average Bonchev–Trinajstić information content (AvgIpc) is 3.33. The molecule has 3 aromatic rings. The van der Waals surface area contributed by atoms with Gasteiger partial charge in [-0.1, -0.05) is 18.2 Å². The predicted octanol–water partition coefficient (Wildman–Crippen LogP) is 4.64. The van der Waals surface area contributed by atoms with E-state index in [2.05, 4.69) is 15.1 Å². The Hall–Kier alpha value is -3.89. The van der Waals surface area contributed by atoms with Crippen molar-refractivity contribution in [1.29, 1.82) is 0 Å². The molecular weight excluding hydrogens is 595 g/mol. The summed E-state index contributed by atoms with van der Waals surface area (Å²) in [7, 11) is 0. The summed E-state index contributed by atoms with van der Waals surface area (Å²) in [5.74, 6) is -0.375. The maximum Gasteiger partial charge on any atom is 0.421 e. The van der Waals surface area contributed by atoms with Crippen LogP contribution in [-0.2, 0) is 23.6 Å². The van der Waals surface area contributed by atoms with Gasteiger partial charge in [-0.25, -0.2) is 9.97 Å². The molecule has 1 aromatic carbocycles. The summed E-state index contributed by atoms with van der Waals surface area (Å²) in [5.41, 5.74) is -2.82. The van der Waals surface area contributed by atoms with Crippen molar-refractivity contribution in [2.75, 3.05) is 36.0 Å². The molecule has 1 atom stereocenters. The van der Waals surface area contributed by atoms with Crippen LogP contribution < -0.4 is 15.4 Å². The standard InChI is InChI=1S/C25H22F7N7O2S/c26-24(27,28)16-13-33-23(34-14-16)37-9-7-36(8-10-37)21(40)6-5-17-11-15-3-1-2-4-19(15)38(17)20-12-18(25(29,30)31)22(41)39(35-20)42-32/h1-4,12-14,17H,5-11H2. The van der Waals surface area contributed by atoms with Crippen molar-refractivity contribution in [3.05, 3.63) is 69.8 Å². The van der Waals surface area contributed by atoms with E-state index >= 15 is 0 Å². The number of piperazine rings is 1. The summed E-state index contributed by atoms with van der Waals surface area (Å²) in [6.07, 6.45) is -7.54. The molecule has 2 aromatic heterocycles. The first-order valence-corrected chi connectivity index (χ1v) is 13.3. The van der Waals surface area contributed by atoms with Gasteiger partial charge < -0.3 is 14.7 Å². The van der Waals surface area contributed by atoms with Crippen LogP contribution in [0.25, 0.3) is 0 Å². The molecule has 2 aliphatic heterocycles. The van der Waals surface area contributed by atoms with Crippen molar-refractivity contribution < 1.29 is 35.0 Å². The highest BCUT2D eigenvalue weighted by molar-refractivity contribution is 7.92. The van der Waals surface area contributed by atoms with Crippen LogP contribution in [0.1, 0.15) is 29.5 Å².